The van der Waals surface area contributed by atoms with Gasteiger partial charge in [0.2, 0.25) is 5.70 Å². The topological polar surface area (TPSA) is 52.4 Å². The van der Waals surface area contributed by atoms with Gasteiger partial charge in [0.15, 0.2) is 5.06 Å². The third-order valence-corrected chi connectivity index (χ3v) is 3.92. The normalized spacial score (nSPS) is 11.5. The maximum absolute atomic E-state index is 10.5. The van der Waals surface area contributed by atoms with E-state index in [9.17, 15) is 10.1 Å². The van der Waals surface area contributed by atoms with E-state index in [0.29, 0.717) is 5.06 Å². The highest BCUT2D eigenvalue weighted by Gasteiger charge is 2.10. The molecule has 0 unspecified atom stereocenters. The van der Waals surface area contributed by atoms with Crippen LogP contribution in [0.2, 0.25) is 0 Å². The van der Waals surface area contributed by atoms with Crippen LogP contribution < -0.4 is 4.74 Å². The first-order chi connectivity index (χ1) is 7.08. The van der Waals surface area contributed by atoms with Crippen LogP contribution in [0, 0.1) is 10.1 Å². The van der Waals surface area contributed by atoms with E-state index in [2.05, 4.69) is 0 Å². The lowest BCUT2D eigenvalue weighted by atomic mass is 10.3. The Hall–Kier alpha value is -1.01. The molecular weight excluding hydrogens is 234 g/mol. The second-order valence-electron chi connectivity index (χ2n) is 2.76. The van der Waals surface area contributed by atoms with Crippen molar-refractivity contribution in [2.75, 3.05) is 13.4 Å². The molecule has 0 radical (unpaired) electrons. The molecule has 1 heterocycles. The van der Waals surface area contributed by atoms with Gasteiger partial charge in [0.1, 0.15) is 0 Å². The summed E-state index contributed by atoms with van der Waals surface area (Å²) in [5, 5.41) is 11.2. The zero-order chi connectivity index (χ0) is 11.4. The Morgan fingerprint density at radius 3 is 2.87 bits per heavy atom. The molecule has 0 aromatic carbocycles. The average molecular weight is 245 g/mol. The van der Waals surface area contributed by atoms with Gasteiger partial charge in [-0.25, -0.2) is 0 Å². The van der Waals surface area contributed by atoms with Crippen molar-refractivity contribution in [3.63, 3.8) is 0 Å². The molecule has 82 valence electrons. The van der Waals surface area contributed by atoms with Crippen molar-refractivity contribution in [1.82, 2.24) is 0 Å². The molecule has 4 nitrogen and oxygen atoms in total. The Balaban J connectivity index is 3.07. The highest BCUT2D eigenvalue weighted by Crippen LogP contribution is 2.36. The van der Waals surface area contributed by atoms with Crippen LogP contribution in [0.25, 0.3) is 6.08 Å². The van der Waals surface area contributed by atoms with Crippen LogP contribution in [0.15, 0.2) is 16.0 Å². The molecule has 0 fully saturated rings. The molecule has 0 spiro atoms. The molecule has 1 rings (SSSR count). The second-order valence-corrected chi connectivity index (χ2v) is 4.88. The van der Waals surface area contributed by atoms with Crippen LogP contribution >= 0.6 is 23.1 Å². The average Bonchev–Trinajstić information content (AvgIpc) is 2.60. The number of rotatable bonds is 4. The van der Waals surface area contributed by atoms with Gasteiger partial charge in [-0.2, -0.15) is 0 Å². The maximum Gasteiger partial charge on any atom is 0.243 e. The lowest BCUT2D eigenvalue weighted by Crippen LogP contribution is -1.93. The van der Waals surface area contributed by atoms with E-state index >= 15 is 0 Å². The SMILES string of the molecule is COc1sc(SC)cc1/C=C(\C)[N+](=O)[O-]. The van der Waals surface area contributed by atoms with E-state index in [4.69, 9.17) is 4.74 Å². The summed E-state index contributed by atoms with van der Waals surface area (Å²) in [6.07, 6.45) is 3.48. The Bertz CT molecular complexity index is 398. The maximum atomic E-state index is 10.5. The van der Waals surface area contributed by atoms with Crippen molar-refractivity contribution in [2.45, 2.75) is 11.1 Å². The number of thiophene rings is 1. The van der Waals surface area contributed by atoms with Gasteiger partial charge in [0, 0.05) is 18.6 Å². The van der Waals surface area contributed by atoms with Gasteiger partial charge >= 0.3 is 0 Å². The van der Waals surface area contributed by atoms with Crippen LogP contribution in [0.1, 0.15) is 12.5 Å². The van der Waals surface area contributed by atoms with Crippen molar-refractivity contribution in [1.29, 1.82) is 0 Å². The number of methoxy groups -OCH3 is 1. The number of allylic oxidation sites excluding steroid dienone is 1. The minimum absolute atomic E-state index is 0.110. The van der Waals surface area contributed by atoms with Crippen LogP contribution in [0.4, 0.5) is 0 Å². The number of nitro groups is 1. The molecule has 15 heavy (non-hydrogen) atoms. The van der Waals surface area contributed by atoms with Crippen LogP contribution in [-0.4, -0.2) is 18.3 Å². The lowest BCUT2D eigenvalue weighted by Gasteiger charge is -1.95. The van der Waals surface area contributed by atoms with Gasteiger partial charge in [-0.3, -0.25) is 10.1 Å². The van der Waals surface area contributed by atoms with E-state index in [1.807, 2.05) is 12.3 Å². The fourth-order valence-corrected chi connectivity index (χ4v) is 2.50. The highest BCUT2D eigenvalue weighted by molar-refractivity contribution is 8.00. The molecular formula is C9H11NO3S2. The summed E-state index contributed by atoms with van der Waals surface area (Å²) in [6.45, 7) is 1.47. The molecule has 0 saturated carbocycles. The minimum atomic E-state index is -0.407. The standard InChI is InChI=1S/C9H11NO3S2/c1-6(10(11)12)4-7-5-8(14-3)15-9(7)13-2/h4-5H,1-3H3/b6-4+. The Kier molecular flexibility index (Phi) is 4.16. The number of ether oxygens (including phenoxy) is 1. The molecule has 1 aromatic rings. The summed E-state index contributed by atoms with van der Waals surface area (Å²) >= 11 is 3.08. The predicted octanol–water partition coefficient (Wildman–Crippen LogP) is 3.12. The van der Waals surface area contributed by atoms with E-state index in [1.165, 1.54) is 24.3 Å². The number of thioether (sulfide) groups is 1. The molecule has 0 N–H and O–H groups in total. The van der Waals surface area contributed by atoms with Gasteiger partial charge < -0.3 is 4.74 Å². The van der Waals surface area contributed by atoms with Crippen LogP contribution in [0.3, 0.4) is 0 Å². The summed E-state index contributed by atoms with van der Waals surface area (Å²) in [7, 11) is 1.56. The molecule has 0 atom stereocenters. The molecule has 1 aromatic heterocycles. The van der Waals surface area contributed by atoms with E-state index in [-0.39, 0.29) is 5.70 Å². The van der Waals surface area contributed by atoms with Crippen molar-refractivity contribution < 1.29 is 9.66 Å². The molecule has 0 aliphatic carbocycles. The Morgan fingerprint density at radius 2 is 2.40 bits per heavy atom. The molecule has 0 saturated heterocycles. The summed E-state index contributed by atoms with van der Waals surface area (Å²) in [4.78, 5) is 10.1. The highest BCUT2D eigenvalue weighted by atomic mass is 32.2. The van der Waals surface area contributed by atoms with Crippen LogP contribution in [0.5, 0.6) is 5.06 Å². The molecule has 6 heteroatoms. The van der Waals surface area contributed by atoms with Crippen molar-refractivity contribution in [3.8, 4) is 5.06 Å². The van der Waals surface area contributed by atoms with Crippen LogP contribution in [-0.2, 0) is 0 Å². The van der Waals surface area contributed by atoms with Crippen molar-refractivity contribution >= 4 is 29.2 Å². The number of nitrogens with zero attached hydrogens (tertiary/aromatic N) is 1. The Labute approximate surface area is 96.1 Å². The molecule has 0 aliphatic rings. The molecule has 0 aliphatic heterocycles. The summed E-state index contributed by atoms with van der Waals surface area (Å²) in [6, 6.07) is 1.89. The second kappa shape index (κ2) is 5.18. The smallest absolute Gasteiger partial charge is 0.243 e. The monoisotopic (exact) mass is 245 g/mol. The summed E-state index contributed by atoms with van der Waals surface area (Å²) < 4.78 is 6.22. The predicted molar refractivity (Wildman–Crippen MR) is 63.3 cm³/mol. The third-order valence-electron chi connectivity index (χ3n) is 1.74. The van der Waals surface area contributed by atoms with Crippen molar-refractivity contribution in [3.05, 3.63) is 27.4 Å². The van der Waals surface area contributed by atoms with Gasteiger partial charge in [-0.05, 0) is 12.3 Å². The van der Waals surface area contributed by atoms with Crippen molar-refractivity contribution in [2.24, 2.45) is 0 Å². The first kappa shape index (κ1) is 12.1. The van der Waals surface area contributed by atoms with Gasteiger partial charge in [-0.15, -0.1) is 11.8 Å². The third kappa shape index (κ3) is 2.97. The van der Waals surface area contributed by atoms with E-state index in [0.717, 1.165) is 9.77 Å². The summed E-state index contributed by atoms with van der Waals surface area (Å²) in [5.74, 6) is 0. The quantitative estimate of drug-likeness (QED) is 0.464. The zero-order valence-corrected chi connectivity index (χ0v) is 10.3. The van der Waals surface area contributed by atoms with Gasteiger partial charge in [-0.1, -0.05) is 11.3 Å². The lowest BCUT2D eigenvalue weighted by molar-refractivity contribution is -0.422. The fraction of sp³-hybridized carbons (Fsp3) is 0.333. The van der Waals surface area contributed by atoms with Gasteiger partial charge in [0.05, 0.1) is 16.2 Å². The first-order valence-corrected chi connectivity index (χ1v) is 6.17. The zero-order valence-electron chi connectivity index (χ0n) is 8.64. The fourth-order valence-electron chi connectivity index (χ4n) is 1.00. The number of hydrogen-bond acceptors (Lipinski definition) is 5. The van der Waals surface area contributed by atoms with E-state index < -0.39 is 4.92 Å². The summed E-state index contributed by atoms with van der Waals surface area (Å²) in [5.41, 5.74) is 0.875. The van der Waals surface area contributed by atoms with E-state index in [1.54, 1.807) is 18.9 Å². The largest absolute Gasteiger partial charge is 0.487 e. The number of hydrogen-bond donors (Lipinski definition) is 0. The minimum Gasteiger partial charge on any atom is -0.487 e. The van der Waals surface area contributed by atoms with Gasteiger partial charge in [0.25, 0.3) is 0 Å². The Morgan fingerprint density at radius 1 is 1.73 bits per heavy atom. The molecule has 0 amide bonds. The first-order valence-electron chi connectivity index (χ1n) is 4.13. The molecule has 0 bridgehead atoms.